The first-order valence-electron chi connectivity index (χ1n) is 17.8. The Balaban J connectivity index is 1.06. The first-order valence-corrected chi connectivity index (χ1v) is 17.8. The van der Waals surface area contributed by atoms with Crippen molar-refractivity contribution in [2.75, 3.05) is 4.90 Å². The quantitative estimate of drug-likeness (QED) is 0.165. The highest BCUT2D eigenvalue weighted by molar-refractivity contribution is 6.12. The summed E-state index contributed by atoms with van der Waals surface area (Å²) in [5.74, 6) is 0. The maximum Gasteiger partial charge on any atom is 0.159 e. The van der Waals surface area contributed by atoms with Gasteiger partial charge in [0.1, 0.15) is 5.58 Å². The summed E-state index contributed by atoms with van der Waals surface area (Å²) >= 11 is 0. The molecule has 9 aromatic carbocycles. The molecular weight excluding hydrogens is 631 g/mol. The molecule has 0 spiro atoms. The number of hydrogen-bond donors (Lipinski definition) is 0. The summed E-state index contributed by atoms with van der Waals surface area (Å²) in [5.41, 5.74) is 12.0. The zero-order valence-corrected chi connectivity index (χ0v) is 28.4. The smallest absolute Gasteiger partial charge is 0.159 e. The van der Waals surface area contributed by atoms with Crippen molar-refractivity contribution in [1.82, 2.24) is 0 Å². The molecule has 0 fully saturated rings. The van der Waals surface area contributed by atoms with Crippen molar-refractivity contribution in [3.05, 3.63) is 200 Å². The summed E-state index contributed by atoms with van der Waals surface area (Å²) < 4.78 is 6.56. The second-order valence-corrected chi connectivity index (χ2v) is 13.3. The van der Waals surface area contributed by atoms with E-state index in [0.29, 0.717) is 0 Å². The Morgan fingerprint density at radius 3 is 1.71 bits per heavy atom. The van der Waals surface area contributed by atoms with Gasteiger partial charge in [0, 0.05) is 22.1 Å². The normalized spacial score (nSPS) is 11.5. The number of para-hydroxylation sites is 2. The minimum Gasteiger partial charge on any atom is -0.454 e. The van der Waals surface area contributed by atoms with Gasteiger partial charge in [-0.05, 0) is 97.4 Å². The highest BCUT2D eigenvalue weighted by Gasteiger charge is 2.19. The summed E-state index contributed by atoms with van der Waals surface area (Å²) in [6.45, 7) is 0. The van der Waals surface area contributed by atoms with Crippen molar-refractivity contribution in [2.45, 2.75) is 0 Å². The van der Waals surface area contributed by atoms with Crippen molar-refractivity contribution in [1.29, 1.82) is 0 Å². The highest BCUT2D eigenvalue weighted by Crippen LogP contribution is 2.43. The molecule has 0 N–H and O–H groups in total. The van der Waals surface area contributed by atoms with E-state index < -0.39 is 0 Å². The van der Waals surface area contributed by atoms with Gasteiger partial charge >= 0.3 is 0 Å². The molecule has 0 aliphatic rings. The monoisotopic (exact) mass is 663 g/mol. The summed E-state index contributed by atoms with van der Waals surface area (Å²) in [6, 6.07) is 71.6. The number of anilines is 3. The maximum absolute atomic E-state index is 6.56. The third kappa shape index (κ3) is 5.12. The second kappa shape index (κ2) is 12.5. The molecule has 0 saturated carbocycles. The second-order valence-electron chi connectivity index (χ2n) is 13.3. The molecule has 0 saturated heterocycles. The van der Waals surface area contributed by atoms with Crippen molar-refractivity contribution in [2.24, 2.45) is 0 Å². The Morgan fingerprint density at radius 1 is 0.327 bits per heavy atom. The van der Waals surface area contributed by atoms with E-state index in [2.05, 4.69) is 193 Å². The average molecular weight is 664 g/mol. The van der Waals surface area contributed by atoms with Crippen LogP contribution < -0.4 is 4.90 Å². The van der Waals surface area contributed by atoms with Crippen LogP contribution in [-0.4, -0.2) is 0 Å². The number of furan rings is 1. The Morgan fingerprint density at radius 2 is 0.904 bits per heavy atom. The third-order valence-electron chi connectivity index (χ3n) is 10.3. The fourth-order valence-corrected chi connectivity index (χ4v) is 7.73. The largest absolute Gasteiger partial charge is 0.454 e. The number of hydrogen-bond acceptors (Lipinski definition) is 2. The Labute approximate surface area is 302 Å². The maximum atomic E-state index is 6.56. The Kier molecular flexibility index (Phi) is 7.18. The molecule has 0 aliphatic heterocycles. The summed E-state index contributed by atoms with van der Waals surface area (Å²) in [5, 5.41) is 7.32. The molecule has 52 heavy (non-hydrogen) atoms. The number of rotatable bonds is 6. The Bertz CT molecular complexity index is 2890. The van der Waals surface area contributed by atoms with Crippen LogP contribution in [0.1, 0.15) is 0 Å². The topological polar surface area (TPSA) is 16.4 Å². The molecular formula is C50H33NO. The molecule has 0 amide bonds. The van der Waals surface area contributed by atoms with Gasteiger partial charge in [-0.3, -0.25) is 0 Å². The van der Waals surface area contributed by atoms with Crippen molar-refractivity contribution >= 4 is 60.5 Å². The van der Waals surface area contributed by atoms with E-state index in [1.165, 1.54) is 49.4 Å². The lowest BCUT2D eigenvalue weighted by Crippen LogP contribution is -2.10. The molecule has 10 aromatic rings. The standard InChI is InChI=1S/C50H33NO/c1-2-11-34(12-3-1)35-23-28-40(29-24-35)51(48-21-10-20-47-46-17-6-7-22-49(46)52-50(47)48)41-30-25-36(26-31-41)38-14-8-15-39(33-38)43-18-9-19-44-42-16-5-4-13-37(42)27-32-45(43)44/h1-33H. The molecule has 0 aliphatic carbocycles. The predicted molar refractivity (Wildman–Crippen MR) is 220 cm³/mol. The van der Waals surface area contributed by atoms with E-state index in [0.717, 1.165) is 44.6 Å². The third-order valence-corrected chi connectivity index (χ3v) is 10.3. The lowest BCUT2D eigenvalue weighted by molar-refractivity contribution is 0.669. The minimum absolute atomic E-state index is 0.871. The fourth-order valence-electron chi connectivity index (χ4n) is 7.73. The molecule has 1 heterocycles. The van der Waals surface area contributed by atoms with Crippen LogP contribution in [0.2, 0.25) is 0 Å². The fraction of sp³-hybridized carbons (Fsp3) is 0. The van der Waals surface area contributed by atoms with Crippen LogP contribution in [-0.2, 0) is 0 Å². The van der Waals surface area contributed by atoms with Gasteiger partial charge in [0.15, 0.2) is 5.58 Å². The van der Waals surface area contributed by atoms with Gasteiger partial charge in [-0.1, -0.05) is 158 Å². The average Bonchev–Trinajstić information content (AvgIpc) is 3.61. The molecule has 1 aromatic heterocycles. The van der Waals surface area contributed by atoms with E-state index in [1.54, 1.807) is 0 Å². The molecule has 0 unspecified atom stereocenters. The van der Waals surface area contributed by atoms with Crippen molar-refractivity contribution in [3.63, 3.8) is 0 Å². The van der Waals surface area contributed by atoms with Gasteiger partial charge in [-0.2, -0.15) is 0 Å². The molecule has 2 nitrogen and oxygen atoms in total. The van der Waals surface area contributed by atoms with Gasteiger partial charge < -0.3 is 9.32 Å². The zero-order valence-electron chi connectivity index (χ0n) is 28.4. The van der Waals surface area contributed by atoms with Crippen LogP contribution in [0.25, 0.3) is 76.9 Å². The number of nitrogens with zero attached hydrogens (tertiary/aromatic N) is 1. The van der Waals surface area contributed by atoms with Gasteiger partial charge in [-0.15, -0.1) is 0 Å². The van der Waals surface area contributed by atoms with Crippen LogP contribution >= 0.6 is 0 Å². The van der Waals surface area contributed by atoms with Crippen LogP contribution in [0.4, 0.5) is 17.1 Å². The van der Waals surface area contributed by atoms with Crippen LogP contribution in [0.5, 0.6) is 0 Å². The summed E-state index contributed by atoms with van der Waals surface area (Å²) in [4.78, 5) is 2.31. The molecule has 10 rings (SSSR count). The van der Waals surface area contributed by atoms with E-state index in [-0.39, 0.29) is 0 Å². The Hall–Kier alpha value is -6.90. The SMILES string of the molecule is c1ccc(-c2ccc(N(c3ccc(-c4cccc(-c5cccc6c5ccc5ccccc56)c4)cc3)c3cccc4c3oc3ccccc34)cc2)cc1. The van der Waals surface area contributed by atoms with Gasteiger partial charge in [0.05, 0.1) is 5.69 Å². The summed E-state index contributed by atoms with van der Waals surface area (Å²) in [7, 11) is 0. The van der Waals surface area contributed by atoms with Crippen molar-refractivity contribution < 1.29 is 4.42 Å². The van der Waals surface area contributed by atoms with Gasteiger partial charge in [-0.25, -0.2) is 0 Å². The summed E-state index contributed by atoms with van der Waals surface area (Å²) in [6.07, 6.45) is 0. The molecule has 0 atom stereocenters. The van der Waals surface area contributed by atoms with Crippen molar-refractivity contribution in [3.8, 4) is 33.4 Å². The predicted octanol–water partition coefficient (Wildman–Crippen LogP) is 14.4. The first kappa shape index (κ1) is 30.0. The number of fused-ring (bicyclic) bond motifs is 6. The van der Waals surface area contributed by atoms with E-state index in [9.17, 15) is 0 Å². The van der Waals surface area contributed by atoms with Crippen LogP contribution in [0.15, 0.2) is 205 Å². The lowest BCUT2D eigenvalue weighted by Gasteiger charge is -2.26. The van der Waals surface area contributed by atoms with Gasteiger partial charge in [0.2, 0.25) is 0 Å². The minimum atomic E-state index is 0.871. The molecule has 0 bridgehead atoms. The molecule has 0 radical (unpaired) electrons. The first-order chi connectivity index (χ1) is 25.8. The van der Waals surface area contributed by atoms with E-state index in [4.69, 9.17) is 4.42 Å². The van der Waals surface area contributed by atoms with E-state index in [1.807, 2.05) is 12.1 Å². The highest BCUT2D eigenvalue weighted by atomic mass is 16.3. The number of benzene rings is 9. The van der Waals surface area contributed by atoms with E-state index >= 15 is 0 Å². The van der Waals surface area contributed by atoms with Gasteiger partial charge in [0.25, 0.3) is 0 Å². The zero-order chi connectivity index (χ0) is 34.4. The van der Waals surface area contributed by atoms with Crippen LogP contribution in [0, 0.1) is 0 Å². The molecule has 2 heteroatoms. The molecule has 244 valence electrons. The van der Waals surface area contributed by atoms with Crippen LogP contribution in [0.3, 0.4) is 0 Å². The lowest BCUT2D eigenvalue weighted by atomic mass is 9.93.